The Kier molecular flexibility index (Phi) is 3.79. The van der Waals surface area contributed by atoms with Crippen molar-refractivity contribution >= 4 is 10.0 Å². The molecular weight excluding hydrogens is 274 g/mol. The first-order chi connectivity index (χ1) is 9.58. The van der Waals surface area contributed by atoms with Crippen molar-refractivity contribution in [1.82, 2.24) is 15.0 Å². The number of nitrogens with one attached hydrogen (secondary N) is 2. The minimum atomic E-state index is -3.46. The van der Waals surface area contributed by atoms with Crippen LogP contribution in [0.15, 0.2) is 23.4 Å². The van der Waals surface area contributed by atoms with Gasteiger partial charge in [0, 0.05) is 24.8 Å². The van der Waals surface area contributed by atoms with Crippen molar-refractivity contribution < 1.29 is 8.42 Å². The van der Waals surface area contributed by atoms with Crippen LogP contribution in [0.5, 0.6) is 0 Å². The van der Waals surface area contributed by atoms with Crippen molar-refractivity contribution in [3.8, 4) is 0 Å². The first kappa shape index (κ1) is 14.0. The fourth-order valence-corrected chi connectivity index (χ4v) is 3.57. The minimum absolute atomic E-state index is 0.100. The molecule has 5 nitrogen and oxygen atoms in total. The Labute approximate surface area is 120 Å². The average molecular weight is 295 g/mol. The molecule has 0 radical (unpaired) electrons. The van der Waals surface area contributed by atoms with Crippen LogP contribution in [0.1, 0.15) is 38.2 Å². The summed E-state index contributed by atoms with van der Waals surface area (Å²) < 4.78 is 27.0. The fraction of sp³-hybridized carbons (Fsp3) is 0.643. The van der Waals surface area contributed by atoms with Gasteiger partial charge in [-0.25, -0.2) is 18.1 Å². The zero-order valence-electron chi connectivity index (χ0n) is 11.7. The van der Waals surface area contributed by atoms with E-state index in [1.165, 1.54) is 12.8 Å². The summed E-state index contributed by atoms with van der Waals surface area (Å²) in [5, 5.41) is 3.50. The average Bonchev–Trinajstić information content (AvgIpc) is 3.32. The summed E-state index contributed by atoms with van der Waals surface area (Å²) >= 11 is 0. The lowest BCUT2D eigenvalue weighted by molar-refractivity contribution is 0.571. The molecule has 6 heteroatoms. The van der Waals surface area contributed by atoms with Crippen LogP contribution in [0, 0.1) is 5.92 Å². The van der Waals surface area contributed by atoms with E-state index >= 15 is 0 Å². The van der Waals surface area contributed by atoms with E-state index in [2.05, 4.69) is 21.9 Å². The minimum Gasteiger partial charge on any atom is -0.310 e. The highest BCUT2D eigenvalue weighted by Gasteiger charge is 2.38. The molecule has 1 aromatic rings. The molecule has 3 rings (SSSR count). The molecule has 0 aromatic carbocycles. The fourth-order valence-electron chi connectivity index (χ4n) is 2.33. The van der Waals surface area contributed by atoms with Crippen LogP contribution in [0.2, 0.25) is 0 Å². The molecule has 1 heterocycles. The van der Waals surface area contributed by atoms with Crippen LogP contribution in [-0.2, 0) is 16.6 Å². The Morgan fingerprint density at radius 3 is 2.70 bits per heavy atom. The Morgan fingerprint density at radius 2 is 2.15 bits per heavy atom. The summed E-state index contributed by atoms with van der Waals surface area (Å²) in [6.45, 7) is 2.84. The molecule has 2 saturated carbocycles. The van der Waals surface area contributed by atoms with E-state index < -0.39 is 10.0 Å². The highest BCUT2D eigenvalue weighted by Crippen LogP contribution is 2.34. The third-order valence-electron chi connectivity index (χ3n) is 4.00. The van der Waals surface area contributed by atoms with E-state index in [1.807, 2.05) is 6.07 Å². The predicted octanol–water partition coefficient (Wildman–Crippen LogP) is 1.41. The van der Waals surface area contributed by atoms with Gasteiger partial charge in [0.1, 0.15) is 0 Å². The molecule has 0 spiro atoms. The van der Waals surface area contributed by atoms with Crippen molar-refractivity contribution in [2.24, 2.45) is 5.92 Å². The Bertz CT molecular complexity index is 567. The van der Waals surface area contributed by atoms with Gasteiger partial charge in [0.05, 0.1) is 0 Å². The van der Waals surface area contributed by atoms with E-state index in [0.29, 0.717) is 12.0 Å². The molecule has 0 amide bonds. The third-order valence-corrected chi connectivity index (χ3v) is 5.40. The molecule has 2 aliphatic rings. The summed E-state index contributed by atoms with van der Waals surface area (Å²) in [5.41, 5.74) is 1.02. The standard InChI is InChI=1S/C14H21N3O2S/c1-2-11-7-13(11)17-20(18,19)14-6-3-10(9-16-14)8-15-12-4-5-12/h3,6,9,11-13,15,17H,2,4-5,7-8H2,1H3. The van der Waals surface area contributed by atoms with Crippen LogP contribution < -0.4 is 10.0 Å². The second-order valence-corrected chi connectivity index (χ2v) is 7.45. The molecule has 2 aliphatic carbocycles. The van der Waals surface area contributed by atoms with Gasteiger partial charge in [-0.15, -0.1) is 0 Å². The first-order valence-electron chi connectivity index (χ1n) is 7.29. The molecule has 20 heavy (non-hydrogen) atoms. The van der Waals surface area contributed by atoms with Crippen LogP contribution in [0.25, 0.3) is 0 Å². The molecule has 2 N–H and O–H groups in total. The predicted molar refractivity (Wildman–Crippen MR) is 76.6 cm³/mol. The topological polar surface area (TPSA) is 71.1 Å². The first-order valence-corrected chi connectivity index (χ1v) is 8.77. The molecule has 0 aliphatic heterocycles. The SMILES string of the molecule is CCC1CC1NS(=O)(=O)c1ccc(CNC2CC2)cn1. The molecular formula is C14H21N3O2S. The summed E-state index contributed by atoms with van der Waals surface area (Å²) in [5.74, 6) is 0.492. The van der Waals surface area contributed by atoms with Gasteiger partial charge in [-0.1, -0.05) is 19.4 Å². The monoisotopic (exact) mass is 295 g/mol. The van der Waals surface area contributed by atoms with Crippen LogP contribution >= 0.6 is 0 Å². The van der Waals surface area contributed by atoms with E-state index in [0.717, 1.165) is 24.9 Å². The number of pyridine rings is 1. The summed E-state index contributed by atoms with van der Waals surface area (Å²) in [4.78, 5) is 4.09. The zero-order chi connectivity index (χ0) is 14.2. The number of sulfonamides is 1. The molecule has 1 aromatic heterocycles. The molecule has 110 valence electrons. The number of hydrogen-bond acceptors (Lipinski definition) is 4. The quantitative estimate of drug-likeness (QED) is 0.798. The van der Waals surface area contributed by atoms with Gasteiger partial charge < -0.3 is 5.32 Å². The summed E-state index contributed by atoms with van der Waals surface area (Å²) in [6, 6.07) is 4.17. The van der Waals surface area contributed by atoms with Crippen LogP contribution in [0.3, 0.4) is 0 Å². The van der Waals surface area contributed by atoms with Crippen molar-refractivity contribution in [1.29, 1.82) is 0 Å². The maximum Gasteiger partial charge on any atom is 0.258 e. The van der Waals surface area contributed by atoms with Crippen molar-refractivity contribution in [2.45, 2.75) is 56.3 Å². The number of nitrogens with zero attached hydrogens (tertiary/aromatic N) is 1. The van der Waals surface area contributed by atoms with Gasteiger partial charge in [-0.2, -0.15) is 0 Å². The van der Waals surface area contributed by atoms with E-state index in [1.54, 1.807) is 12.3 Å². The maximum atomic E-state index is 12.1. The largest absolute Gasteiger partial charge is 0.310 e. The van der Waals surface area contributed by atoms with E-state index in [9.17, 15) is 8.42 Å². The second-order valence-electron chi connectivity index (χ2n) is 5.79. The van der Waals surface area contributed by atoms with Crippen LogP contribution in [0.4, 0.5) is 0 Å². The van der Waals surface area contributed by atoms with Gasteiger partial charge in [-0.05, 0) is 36.8 Å². The van der Waals surface area contributed by atoms with E-state index in [-0.39, 0.29) is 11.1 Å². The van der Waals surface area contributed by atoms with Gasteiger partial charge in [0.2, 0.25) is 0 Å². The van der Waals surface area contributed by atoms with Crippen molar-refractivity contribution in [3.63, 3.8) is 0 Å². The van der Waals surface area contributed by atoms with Gasteiger partial charge in [0.15, 0.2) is 5.03 Å². The summed E-state index contributed by atoms with van der Waals surface area (Å²) in [6.07, 6.45) is 6.09. The molecule has 2 atom stereocenters. The van der Waals surface area contributed by atoms with Gasteiger partial charge >= 0.3 is 0 Å². The maximum absolute atomic E-state index is 12.1. The highest BCUT2D eigenvalue weighted by atomic mass is 32.2. The number of rotatable bonds is 7. The third kappa shape index (κ3) is 3.37. The lowest BCUT2D eigenvalue weighted by atomic mass is 10.3. The lowest BCUT2D eigenvalue weighted by Crippen LogP contribution is -2.27. The van der Waals surface area contributed by atoms with Crippen molar-refractivity contribution in [2.75, 3.05) is 0 Å². The number of aromatic nitrogens is 1. The zero-order valence-corrected chi connectivity index (χ0v) is 12.5. The Hall–Kier alpha value is -0.980. The normalized spacial score (nSPS) is 25.6. The Balaban J connectivity index is 1.60. The molecule has 2 fully saturated rings. The molecule has 2 unspecified atom stereocenters. The molecule has 0 bridgehead atoms. The van der Waals surface area contributed by atoms with Gasteiger partial charge in [-0.3, -0.25) is 0 Å². The number of hydrogen-bond donors (Lipinski definition) is 2. The smallest absolute Gasteiger partial charge is 0.258 e. The van der Waals surface area contributed by atoms with Gasteiger partial charge in [0.25, 0.3) is 10.0 Å². The highest BCUT2D eigenvalue weighted by molar-refractivity contribution is 7.89. The van der Waals surface area contributed by atoms with E-state index in [4.69, 9.17) is 0 Å². The Morgan fingerprint density at radius 1 is 1.35 bits per heavy atom. The van der Waals surface area contributed by atoms with Crippen molar-refractivity contribution in [3.05, 3.63) is 23.9 Å². The second kappa shape index (κ2) is 5.42. The van der Waals surface area contributed by atoms with Crippen LogP contribution in [-0.4, -0.2) is 25.5 Å². The molecule has 0 saturated heterocycles. The lowest BCUT2D eigenvalue weighted by Gasteiger charge is -2.07. The summed E-state index contributed by atoms with van der Waals surface area (Å²) in [7, 11) is -3.46.